The maximum Gasteiger partial charge on any atom is 0.273 e. The van der Waals surface area contributed by atoms with Gasteiger partial charge in [-0.1, -0.05) is 50.9 Å². The van der Waals surface area contributed by atoms with Gasteiger partial charge in [-0.25, -0.2) is 0 Å². The van der Waals surface area contributed by atoms with Crippen molar-refractivity contribution in [3.8, 4) is 5.75 Å². The van der Waals surface area contributed by atoms with Crippen molar-refractivity contribution in [2.24, 2.45) is 5.92 Å². The zero-order valence-corrected chi connectivity index (χ0v) is 14.5. The average Bonchev–Trinajstić information content (AvgIpc) is 2.74. The van der Waals surface area contributed by atoms with Crippen molar-refractivity contribution in [1.29, 1.82) is 0 Å². The van der Waals surface area contributed by atoms with Gasteiger partial charge in [-0.2, -0.15) is 0 Å². The molecule has 0 saturated carbocycles. The highest BCUT2D eigenvalue weighted by molar-refractivity contribution is 6.55. The SMILES string of the molecule is CCCCN1C(=O)C(Cl)=C(c2ccc(OCC(C)C)cc2)C1=O. The van der Waals surface area contributed by atoms with Crippen LogP contribution in [0, 0.1) is 5.92 Å². The number of halogens is 1. The first-order valence-electron chi connectivity index (χ1n) is 7.94. The van der Waals surface area contributed by atoms with E-state index < -0.39 is 5.91 Å². The molecule has 0 aliphatic carbocycles. The van der Waals surface area contributed by atoms with Gasteiger partial charge in [0.2, 0.25) is 0 Å². The largest absolute Gasteiger partial charge is 0.493 e. The van der Waals surface area contributed by atoms with Crippen molar-refractivity contribution in [3.63, 3.8) is 0 Å². The summed E-state index contributed by atoms with van der Waals surface area (Å²) in [4.78, 5) is 25.8. The lowest BCUT2D eigenvalue weighted by Crippen LogP contribution is -2.32. The molecule has 0 saturated heterocycles. The Morgan fingerprint density at radius 1 is 1.13 bits per heavy atom. The van der Waals surface area contributed by atoms with E-state index in [1.807, 2.05) is 6.92 Å². The molecule has 0 radical (unpaired) electrons. The number of rotatable bonds is 7. The van der Waals surface area contributed by atoms with Gasteiger partial charge in [0.25, 0.3) is 11.8 Å². The number of benzene rings is 1. The number of nitrogens with zero attached hydrogens (tertiary/aromatic N) is 1. The van der Waals surface area contributed by atoms with E-state index in [0.717, 1.165) is 18.6 Å². The summed E-state index contributed by atoms with van der Waals surface area (Å²) in [5, 5.41) is 0.00181. The molecule has 0 fully saturated rings. The maximum atomic E-state index is 12.5. The van der Waals surface area contributed by atoms with Crippen molar-refractivity contribution in [1.82, 2.24) is 4.90 Å². The molecule has 2 amide bonds. The number of unbranched alkanes of at least 4 members (excludes halogenated alkanes) is 1. The third-order valence-corrected chi connectivity index (χ3v) is 3.92. The third-order valence-electron chi connectivity index (χ3n) is 3.57. The first-order valence-corrected chi connectivity index (χ1v) is 8.32. The summed E-state index contributed by atoms with van der Waals surface area (Å²) in [6, 6.07) is 7.12. The minimum atomic E-state index is -0.403. The average molecular weight is 336 g/mol. The Kier molecular flexibility index (Phi) is 5.83. The molecule has 1 aromatic rings. The van der Waals surface area contributed by atoms with E-state index in [2.05, 4.69) is 13.8 Å². The van der Waals surface area contributed by atoms with Gasteiger partial charge in [-0.3, -0.25) is 14.5 Å². The van der Waals surface area contributed by atoms with Crippen LogP contribution in [0.1, 0.15) is 39.2 Å². The van der Waals surface area contributed by atoms with E-state index in [9.17, 15) is 9.59 Å². The Balaban J connectivity index is 2.17. The highest BCUT2D eigenvalue weighted by Gasteiger charge is 2.37. The van der Waals surface area contributed by atoms with Gasteiger partial charge in [-0.05, 0) is 30.0 Å². The lowest BCUT2D eigenvalue weighted by molar-refractivity contribution is -0.136. The standard InChI is InChI=1S/C18H22ClNO3/c1-4-5-10-20-17(21)15(16(19)18(20)22)13-6-8-14(9-7-13)23-11-12(2)3/h6-9,12H,4-5,10-11H2,1-3H3. The van der Waals surface area contributed by atoms with Crippen LogP contribution in [0.15, 0.2) is 29.3 Å². The highest BCUT2D eigenvalue weighted by atomic mass is 35.5. The lowest BCUT2D eigenvalue weighted by Gasteiger charge is -2.14. The third kappa shape index (κ3) is 3.94. The van der Waals surface area contributed by atoms with Crippen molar-refractivity contribution in [2.75, 3.05) is 13.2 Å². The predicted octanol–water partition coefficient (Wildman–Crippen LogP) is 3.84. The summed E-state index contributed by atoms with van der Waals surface area (Å²) >= 11 is 6.11. The number of carbonyl (C=O) groups is 2. The second kappa shape index (κ2) is 7.64. The summed E-state index contributed by atoms with van der Waals surface area (Å²) in [5.74, 6) is 0.455. The second-order valence-electron chi connectivity index (χ2n) is 6.03. The van der Waals surface area contributed by atoms with Crippen LogP contribution in [-0.4, -0.2) is 29.9 Å². The number of carbonyl (C=O) groups excluding carboxylic acids is 2. The Labute approximate surface area is 142 Å². The molecule has 1 aromatic carbocycles. The molecule has 0 atom stereocenters. The molecule has 1 aliphatic heterocycles. The van der Waals surface area contributed by atoms with Crippen LogP contribution in [0.25, 0.3) is 5.57 Å². The number of hydrogen-bond acceptors (Lipinski definition) is 3. The van der Waals surface area contributed by atoms with Gasteiger partial charge in [0.05, 0.1) is 12.2 Å². The number of hydrogen-bond donors (Lipinski definition) is 0. The highest BCUT2D eigenvalue weighted by Crippen LogP contribution is 2.32. The quantitative estimate of drug-likeness (QED) is 0.711. The van der Waals surface area contributed by atoms with Crippen molar-refractivity contribution < 1.29 is 14.3 Å². The van der Waals surface area contributed by atoms with E-state index in [1.165, 1.54) is 4.90 Å². The first-order chi connectivity index (χ1) is 11.0. The van der Waals surface area contributed by atoms with E-state index in [1.54, 1.807) is 24.3 Å². The zero-order valence-electron chi connectivity index (χ0n) is 13.8. The van der Waals surface area contributed by atoms with Crippen LogP contribution in [0.3, 0.4) is 0 Å². The molecule has 1 aliphatic rings. The van der Waals surface area contributed by atoms with Crippen molar-refractivity contribution in [2.45, 2.75) is 33.6 Å². The summed E-state index contributed by atoms with van der Waals surface area (Å²) in [6.07, 6.45) is 1.68. The molecule has 0 spiro atoms. The Morgan fingerprint density at radius 3 is 2.35 bits per heavy atom. The molecule has 0 N–H and O–H groups in total. The van der Waals surface area contributed by atoms with E-state index >= 15 is 0 Å². The van der Waals surface area contributed by atoms with Gasteiger partial charge in [-0.15, -0.1) is 0 Å². The van der Waals surface area contributed by atoms with Gasteiger partial charge in [0.15, 0.2) is 0 Å². The van der Waals surface area contributed by atoms with Crippen LogP contribution >= 0.6 is 11.6 Å². The molecule has 23 heavy (non-hydrogen) atoms. The van der Waals surface area contributed by atoms with Gasteiger partial charge >= 0.3 is 0 Å². The molecular formula is C18H22ClNO3. The van der Waals surface area contributed by atoms with Crippen molar-refractivity contribution in [3.05, 3.63) is 34.9 Å². The van der Waals surface area contributed by atoms with Gasteiger partial charge in [0, 0.05) is 6.54 Å². The van der Waals surface area contributed by atoms with Gasteiger partial charge < -0.3 is 4.74 Å². The number of amides is 2. The van der Waals surface area contributed by atoms with Crippen LogP contribution in [0.2, 0.25) is 0 Å². The molecular weight excluding hydrogens is 314 g/mol. The minimum absolute atomic E-state index is 0.00181. The molecule has 4 nitrogen and oxygen atoms in total. The Bertz CT molecular complexity index is 620. The zero-order chi connectivity index (χ0) is 17.0. The van der Waals surface area contributed by atoms with Crippen LogP contribution in [-0.2, 0) is 9.59 Å². The second-order valence-corrected chi connectivity index (χ2v) is 6.41. The molecule has 124 valence electrons. The van der Waals surface area contributed by atoms with E-state index in [4.69, 9.17) is 16.3 Å². The fourth-order valence-corrected chi connectivity index (χ4v) is 2.59. The summed E-state index contributed by atoms with van der Waals surface area (Å²) in [6.45, 7) is 7.20. The molecule has 0 aromatic heterocycles. The fraction of sp³-hybridized carbons (Fsp3) is 0.444. The van der Waals surface area contributed by atoms with Crippen LogP contribution in [0.4, 0.5) is 0 Å². The lowest BCUT2D eigenvalue weighted by atomic mass is 10.1. The van der Waals surface area contributed by atoms with E-state index in [-0.39, 0.29) is 16.5 Å². The number of ether oxygens (including phenoxy) is 1. The smallest absolute Gasteiger partial charge is 0.273 e. The first kappa shape index (κ1) is 17.5. The summed E-state index contributed by atoms with van der Waals surface area (Å²) in [7, 11) is 0. The number of imide groups is 1. The Morgan fingerprint density at radius 2 is 1.78 bits per heavy atom. The molecule has 5 heteroatoms. The summed E-state index contributed by atoms with van der Waals surface area (Å²) < 4.78 is 5.62. The molecule has 0 bridgehead atoms. The topological polar surface area (TPSA) is 46.6 Å². The van der Waals surface area contributed by atoms with Crippen molar-refractivity contribution >= 4 is 29.0 Å². The van der Waals surface area contributed by atoms with Gasteiger partial charge in [0.1, 0.15) is 10.8 Å². The molecule has 2 rings (SSSR count). The molecule has 0 unspecified atom stereocenters. The fourth-order valence-electron chi connectivity index (χ4n) is 2.30. The Hall–Kier alpha value is -1.81. The summed E-state index contributed by atoms with van der Waals surface area (Å²) in [5.41, 5.74) is 0.924. The van der Waals surface area contributed by atoms with Crippen LogP contribution in [0.5, 0.6) is 5.75 Å². The predicted molar refractivity (Wildman–Crippen MR) is 91.2 cm³/mol. The monoisotopic (exact) mass is 335 g/mol. The van der Waals surface area contributed by atoms with E-state index in [0.29, 0.717) is 24.6 Å². The minimum Gasteiger partial charge on any atom is -0.493 e. The molecule has 1 heterocycles. The maximum absolute atomic E-state index is 12.5. The van der Waals surface area contributed by atoms with Crippen LogP contribution < -0.4 is 4.74 Å². The normalized spacial score (nSPS) is 15.1.